The maximum atomic E-state index is 14.5. The summed E-state index contributed by atoms with van der Waals surface area (Å²) in [5, 5.41) is 73.7. The van der Waals surface area contributed by atoms with Crippen LogP contribution in [0.15, 0.2) is 107 Å². The molecule has 0 spiro atoms. The molecule has 34 atom stereocenters. The number of carbonyl (C=O) groups is 10. The number of fused-ring (bicyclic) bond motifs is 32. The van der Waals surface area contributed by atoms with E-state index in [-0.39, 0.29) is 129 Å². The van der Waals surface area contributed by atoms with Gasteiger partial charge >= 0.3 is 11.9 Å². The number of rotatable bonds is 14. The summed E-state index contributed by atoms with van der Waals surface area (Å²) in [5.74, 6) is -17.4. The second-order valence-corrected chi connectivity index (χ2v) is 45.9. The molecule has 150 heavy (non-hydrogen) atoms. The number of carbonyl (C=O) groups excluding carboxylic acids is 10. The number of Topliss-reactive ketones (excluding diaryl/α,β-unsaturated/α-hetero) is 6. The van der Waals surface area contributed by atoms with Gasteiger partial charge in [-0.1, -0.05) is 147 Å². The zero-order chi connectivity index (χ0) is 110. The van der Waals surface area contributed by atoms with Crippen molar-refractivity contribution in [2.75, 3.05) is 65.9 Å². The van der Waals surface area contributed by atoms with Crippen molar-refractivity contribution in [2.24, 2.45) is 71.0 Å². The summed E-state index contributed by atoms with van der Waals surface area (Å²) < 4.78 is 59.7. The molecule has 6 N–H and O–H groups in total. The Morgan fingerprint density at radius 1 is 0.440 bits per heavy atom. The van der Waals surface area contributed by atoms with Gasteiger partial charge in [0.15, 0.2) is 11.6 Å². The number of halogens is 3. The van der Waals surface area contributed by atoms with Gasteiger partial charge < -0.3 is 87.8 Å². The molecule has 10 heterocycles. The molecule has 4 unspecified atom stereocenters. The molecule has 0 aromatic heterocycles. The highest BCUT2D eigenvalue weighted by atomic mass is 35.5. The van der Waals surface area contributed by atoms with Gasteiger partial charge in [-0.05, 0) is 269 Å². The predicted octanol–water partition coefficient (Wildman–Crippen LogP) is 15.9. The summed E-state index contributed by atoms with van der Waals surface area (Å²) in [7, 11) is 8.98. The third-order valence-corrected chi connectivity index (χ3v) is 34.5. The Balaban J connectivity index is 0.000000284. The van der Waals surface area contributed by atoms with Crippen molar-refractivity contribution in [3.05, 3.63) is 128 Å². The summed E-state index contributed by atoms with van der Waals surface area (Å²) in [5.41, 5.74) is 4.28. The molecule has 32 nitrogen and oxygen atoms in total. The van der Waals surface area contributed by atoms with Crippen molar-refractivity contribution < 1.29 is 136 Å². The van der Waals surface area contributed by atoms with Crippen molar-refractivity contribution in [1.82, 2.24) is 9.80 Å². The molecule has 2 aromatic carbocycles. The molecular weight excluding hydrogens is 1990 g/mol. The largest absolute Gasteiger partial charge is 0.460 e. The molecule has 836 valence electrons. The van der Waals surface area contributed by atoms with E-state index in [1.165, 1.54) is 24.0 Å². The Bertz CT molecular complexity index is 5140. The van der Waals surface area contributed by atoms with E-state index in [2.05, 4.69) is 6.08 Å². The third-order valence-electron chi connectivity index (χ3n) is 33.5. The van der Waals surface area contributed by atoms with E-state index in [1.54, 1.807) is 112 Å². The first-order chi connectivity index (χ1) is 71.0. The van der Waals surface area contributed by atoms with Gasteiger partial charge in [0.25, 0.3) is 23.4 Å². The Labute approximate surface area is 900 Å². The van der Waals surface area contributed by atoms with Gasteiger partial charge in [0, 0.05) is 122 Å². The van der Waals surface area contributed by atoms with Crippen LogP contribution < -0.4 is 10.1 Å². The molecule has 14 rings (SSSR count). The van der Waals surface area contributed by atoms with Crippen LogP contribution in [0, 0.1) is 77.9 Å². The lowest BCUT2D eigenvalue weighted by atomic mass is 9.78. The predicted molar refractivity (Wildman–Crippen MR) is 567 cm³/mol. The number of aliphatic hydroxyl groups is 6. The van der Waals surface area contributed by atoms with Crippen molar-refractivity contribution in [3.63, 3.8) is 0 Å². The van der Waals surface area contributed by atoms with Crippen molar-refractivity contribution in [3.8, 4) is 0 Å². The summed E-state index contributed by atoms with van der Waals surface area (Å²) in [6, 6.07) is 7.64. The van der Waals surface area contributed by atoms with Crippen LogP contribution in [0.4, 0.5) is 11.4 Å². The molecule has 2 aromatic rings. The van der Waals surface area contributed by atoms with E-state index < -0.39 is 186 Å². The first-order valence-corrected chi connectivity index (χ1v) is 55.3. The molecule has 0 radical (unpaired) electrons. The summed E-state index contributed by atoms with van der Waals surface area (Å²) in [6.45, 7) is 27.2. The third kappa shape index (κ3) is 30.1. The van der Waals surface area contributed by atoms with Gasteiger partial charge in [-0.15, -0.1) is 0 Å². The molecule has 2 aliphatic carbocycles. The molecule has 10 aliphatic heterocycles. The number of piperidine rings is 2. The number of amides is 2. The Hall–Kier alpha value is -7.39. The van der Waals surface area contributed by atoms with Crippen LogP contribution in [0.3, 0.4) is 0 Å². The number of aliphatic hydroxyl groups excluding tert-OH is 4. The lowest BCUT2D eigenvalue weighted by Crippen LogP contribution is -2.61. The van der Waals surface area contributed by atoms with E-state index in [4.69, 9.17) is 91.8 Å². The maximum absolute atomic E-state index is 14.5. The van der Waals surface area contributed by atoms with Gasteiger partial charge in [-0.25, -0.2) is 19.7 Å². The van der Waals surface area contributed by atoms with Gasteiger partial charge in [0.2, 0.25) is 11.6 Å². The van der Waals surface area contributed by atoms with Crippen LogP contribution in [0.25, 0.3) is 0 Å². The van der Waals surface area contributed by atoms with Crippen LogP contribution >= 0.6 is 34.8 Å². The highest BCUT2D eigenvalue weighted by Gasteiger charge is 2.57. The van der Waals surface area contributed by atoms with Crippen LogP contribution in [0.1, 0.15) is 257 Å². The van der Waals surface area contributed by atoms with E-state index >= 15 is 0 Å². The molecule has 2 amide bonds. The Morgan fingerprint density at radius 3 is 1.23 bits per heavy atom. The molecule has 8 bridgehead atoms. The number of methoxy groups -OCH3 is 6. The smallest absolute Gasteiger partial charge is 0.329 e. The average molecular weight is 2160 g/mol. The van der Waals surface area contributed by atoms with E-state index in [9.17, 15) is 78.6 Å². The monoisotopic (exact) mass is 2160 g/mol. The molecular formula is C115H167Cl3N4O28. The fourth-order valence-electron chi connectivity index (χ4n) is 23.8. The van der Waals surface area contributed by atoms with Crippen LogP contribution in [-0.4, -0.2) is 288 Å². The SMILES string of the molecule is CO[C@H]1C[C@@H]2CC[C@@H](C)[C@@](O)(O2)C(=O)C(=O)N2CCCC[C@H]2C(=O)O[C@H]([C@H](C)C[C@@H]2CC[C@@H](O)[C@H](OC)C2)CC(=O)[C@H](C)/C=C(\C)[C@@H](O)[C@@H](OC)C(=O)[C@H](C)C[C@H](C)C2C=CC(C=C1C)ON2c1c(Cl)cccc1Cl.CO[C@H]1C[C@@H]2CC[C@@H](C)[C@@](O)(O2)C(=O)C(=O)N2CCCC[C@H]2C(=O)O[C@H]([C@H](C)C[C@@H]2CC[C@@H](O)[C@H](OC)C2)CC(=O)[C@H](C)/C=C(\C)[C@@H](O)[C@@H](OC)C(=O)[C@H](C)C[C@H](C)C2C=CC(C=C1C)ON2c1ccc(Cl)c(C)c1. The van der Waals surface area contributed by atoms with Gasteiger partial charge in [0.1, 0.15) is 78.2 Å². The number of hydrogen-bond donors (Lipinski definition) is 6. The standard InChI is InChI=1S/C58H85ClN2O14.C57H82Cl2N2O14/c1-32-27-41(17-20-44(32)59)61-45-21-19-43(75-61)28-36(5)49(70-9)30-42-18-15-39(8)58(69,74-42)55(66)56(67)60-23-13-12-14-46(60)57(68)73-50(35(4)26-40-16-22-47(62)51(29-40)71-10)31-48(63)34(3)25-38(7)53(65)54(72-11)52(64)37(6)24-33(45)2;1-31-24-35(5)51(64)53(72-10)52(65)36(6)25-32(2)46(63)30-48(33(3)26-38-18-22-45(62)49(28-38)71-9)73-56(68)44-16-11-12-23-60(44)55(67)54(66)57(69)37(7)17-19-39(74-57)29-47(70-8)34(4)27-40-20-21-43(31)61(75-40)50-41(58)14-13-15-42(50)59/h17,19-21,25,27-28,33-35,37,39-40,42-43,45-47,49-51,53-54,62,65,69H,12-16,18,22-24,26,29-31H2,1-11H3;13-15,20-21,25,27,31-33,35,37-40,43-45,47-49,52-53,62,65,69H,11-12,16-19,22-24,26,28-30H2,1-10H3/b36-28?,38-25+;34-27?,36-25+/t33-,34+,35+,37+,39+,40-,42-,43?,45?,46-,47+,49-,50-,51+,53+,54-,58+;31-,32+,33+,35+,37+,38-,39-,40?,43?,44-,45+,47-,48-,49+,52+,53-,57+/m00/s1. The molecule has 35 heteroatoms. The number of hydrogen-bond acceptors (Lipinski definition) is 30. The molecule has 6 fully saturated rings. The first-order valence-electron chi connectivity index (χ1n) is 54.2. The van der Waals surface area contributed by atoms with Gasteiger partial charge in [-0.3, -0.25) is 48.0 Å². The van der Waals surface area contributed by atoms with E-state index in [0.29, 0.717) is 147 Å². The van der Waals surface area contributed by atoms with E-state index in [1.807, 2.05) is 109 Å². The minimum atomic E-state index is -2.50. The summed E-state index contributed by atoms with van der Waals surface area (Å²) >= 11 is 20.1. The van der Waals surface area contributed by atoms with Crippen molar-refractivity contribution in [1.29, 1.82) is 0 Å². The second kappa shape index (κ2) is 55.5. The minimum absolute atomic E-state index is 0.0561. The molecule has 4 saturated heterocycles. The highest BCUT2D eigenvalue weighted by Crippen LogP contribution is 2.46. The number of allylic oxidation sites excluding steroid dienone is 2. The zero-order valence-electron chi connectivity index (χ0n) is 91.5. The van der Waals surface area contributed by atoms with Crippen LogP contribution in [0.2, 0.25) is 15.1 Å². The number of esters is 2. The lowest BCUT2D eigenvalue weighted by Gasteiger charge is -2.43. The average Bonchev–Trinajstić information content (AvgIpc) is 0.777. The fraction of sp³-hybridized carbons (Fsp3) is 0.704. The highest BCUT2D eigenvalue weighted by molar-refractivity contribution is 6.40. The normalized spacial score (nSPS) is 37.9. The number of ether oxygens (including phenoxy) is 10. The van der Waals surface area contributed by atoms with Crippen LogP contribution in [-0.2, 0) is 105 Å². The van der Waals surface area contributed by atoms with Crippen molar-refractivity contribution >= 4 is 105 Å². The van der Waals surface area contributed by atoms with Crippen molar-refractivity contribution in [2.45, 2.75) is 391 Å². The zero-order valence-corrected chi connectivity index (χ0v) is 93.8. The van der Waals surface area contributed by atoms with Crippen LogP contribution in [0.5, 0.6) is 0 Å². The number of aryl methyl sites for hydroxylation is 1. The van der Waals surface area contributed by atoms with Gasteiger partial charge in [-0.2, -0.15) is 0 Å². The Kier molecular flexibility index (Phi) is 45.4. The lowest BCUT2D eigenvalue weighted by molar-refractivity contribution is -0.265. The summed E-state index contributed by atoms with van der Waals surface area (Å²) in [4.78, 5) is 160. The minimum Gasteiger partial charge on any atom is -0.460 e. The number of nitrogens with zero attached hydrogens (tertiary/aromatic N) is 4. The number of para-hydroxylation sites is 1. The first kappa shape index (κ1) is 123. The number of hydroxylamine groups is 2. The Morgan fingerprint density at radius 2 is 0.840 bits per heavy atom. The number of ketones is 6. The quantitative estimate of drug-likeness (QED) is 0.0581. The molecule has 12 aliphatic rings. The topological polar surface area (TPSA) is 416 Å². The number of anilines is 2. The maximum Gasteiger partial charge on any atom is 0.329 e. The second-order valence-electron chi connectivity index (χ2n) is 44.7. The summed E-state index contributed by atoms with van der Waals surface area (Å²) in [6.07, 6.45) is 11.8. The molecule has 2 saturated carbocycles. The van der Waals surface area contributed by atoms with E-state index in [0.717, 1.165) is 22.4 Å². The fourth-order valence-corrected chi connectivity index (χ4v) is 24.5. The van der Waals surface area contributed by atoms with Gasteiger partial charge in [0.05, 0.1) is 76.6 Å². The number of benzene rings is 2.